The molecule has 1 atom stereocenters. The van der Waals surface area contributed by atoms with Crippen molar-refractivity contribution in [3.8, 4) is 0 Å². The van der Waals surface area contributed by atoms with E-state index >= 15 is 0 Å². The molecule has 0 aromatic carbocycles. The quantitative estimate of drug-likeness (QED) is 0.569. The van der Waals surface area contributed by atoms with E-state index in [-0.39, 0.29) is 0 Å². The van der Waals surface area contributed by atoms with E-state index in [1.165, 1.54) is 4.90 Å². The van der Waals surface area contributed by atoms with Gasteiger partial charge in [-0.05, 0) is 40.5 Å². The van der Waals surface area contributed by atoms with Gasteiger partial charge in [-0.1, -0.05) is 0 Å². The molecule has 0 aliphatic carbocycles. The number of carboxylic acid groups (broad SMARTS) is 2. The highest BCUT2D eigenvalue weighted by molar-refractivity contribution is 6.02. The van der Waals surface area contributed by atoms with Gasteiger partial charge in [-0.2, -0.15) is 0 Å². The minimum Gasteiger partial charge on any atom is -0.478 e. The van der Waals surface area contributed by atoms with E-state index in [0.29, 0.717) is 19.4 Å². The molecule has 1 fully saturated rings. The fraction of sp³-hybridized carbons (Fsp3) is 0.625. The Morgan fingerprint density at radius 2 is 1.71 bits per heavy atom. The van der Waals surface area contributed by atoms with Crippen molar-refractivity contribution in [3.05, 3.63) is 11.1 Å². The molecule has 8 nitrogen and oxygen atoms in total. The maximum Gasteiger partial charge on any atom is 0.332 e. The smallest absolute Gasteiger partial charge is 0.332 e. The molecule has 2 N–H and O–H groups in total. The standard InChI is InChI=1S/C16H23NO7/c1-9(13(19)20)10(14(21)22)8-12(18)17-7-5-6-11(17)15(23)24-16(2,3)4/h11H,5-8H2,1-4H3,(H,19,20)(H,21,22)/b10-9+/t11-/m0/s1. The second kappa shape index (κ2) is 7.46. The van der Waals surface area contributed by atoms with Crippen molar-refractivity contribution in [2.75, 3.05) is 6.54 Å². The van der Waals surface area contributed by atoms with Gasteiger partial charge in [-0.15, -0.1) is 0 Å². The number of aliphatic carboxylic acids is 2. The van der Waals surface area contributed by atoms with Crippen molar-refractivity contribution in [2.24, 2.45) is 0 Å². The van der Waals surface area contributed by atoms with Gasteiger partial charge in [-0.3, -0.25) is 4.79 Å². The Kier molecular flexibility index (Phi) is 6.11. The monoisotopic (exact) mass is 341 g/mol. The molecule has 134 valence electrons. The lowest BCUT2D eigenvalue weighted by molar-refractivity contribution is -0.163. The first-order valence-electron chi connectivity index (χ1n) is 7.62. The summed E-state index contributed by atoms with van der Waals surface area (Å²) in [4.78, 5) is 48.0. The zero-order valence-corrected chi connectivity index (χ0v) is 14.3. The molecule has 0 aromatic heterocycles. The van der Waals surface area contributed by atoms with Crippen LogP contribution in [0.1, 0.15) is 47.0 Å². The van der Waals surface area contributed by atoms with Crippen LogP contribution in [-0.4, -0.2) is 57.1 Å². The average molecular weight is 341 g/mol. The fourth-order valence-corrected chi connectivity index (χ4v) is 2.43. The number of carboxylic acids is 2. The van der Waals surface area contributed by atoms with E-state index < -0.39 is 53.0 Å². The molecule has 1 rings (SSSR count). The highest BCUT2D eigenvalue weighted by Crippen LogP contribution is 2.23. The topological polar surface area (TPSA) is 121 Å². The fourth-order valence-electron chi connectivity index (χ4n) is 2.43. The zero-order chi connectivity index (χ0) is 18.7. The number of amides is 1. The van der Waals surface area contributed by atoms with E-state index in [9.17, 15) is 19.2 Å². The van der Waals surface area contributed by atoms with Crippen LogP contribution in [0.3, 0.4) is 0 Å². The summed E-state index contributed by atoms with van der Waals surface area (Å²) in [5.74, 6) is -3.99. The van der Waals surface area contributed by atoms with Gasteiger partial charge >= 0.3 is 17.9 Å². The summed E-state index contributed by atoms with van der Waals surface area (Å²) < 4.78 is 5.28. The normalized spacial score (nSPS) is 18.8. The van der Waals surface area contributed by atoms with Gasteiger partial charge in [0.1, 0.15) is 11.6 Å². The Morgan fingerprint density at radius 1 is 1.12 bits per heavy atom. The minimum absolute atomic E-state index is 0.307. The van der Waals surface area contributed by atoms with Gasteiger partial charge in [-0.25, -0.2) is 14.4 Å². The van der Waals surface area contributed by atoms with Crippen molar-refractivity contribution in [1.29, 1.82) is 0 Å². The summed E-state index contributed by atoms with van der Waals surface area (Å²) in [5.41, 5.74) is -1.58. The summed E-state index contributed by atoms with van der Waals surface area (Å²) in [6, 6.07) is -0.767. The summed E-state index contributed by atoms with van der Waals surface area (Å²) in [5, 5.41) is 18.1. The van der Waals surface area contributed by atoms with Crippen LogP contribution in [0.25, 0.3) is 0 Å². The SMILES string of the molecule is C/C(C(=O)O)=C(/CC(=O)N1CCC[C@H]1C(=O)OC(C)(C)C)C(=O)O. The molecule has 0 unspecified atom stereocenters. The van der Waals surface area contributed by atoms with Gasteiger partial charge in [0.25, 0.3) is 0 Å². The number of likely N-dealkylation sites (tertiary alicyclic amines) is 1. The van der Waals surface area contributed by atoms with Crippen LogP contribution >= 0.6 is 0 Å². The van der Waals surface area contributed by atoms with Crippen LogP contribution in [0.4, 0.5) is 0 Å². The Morgan fingerprint density at radius 3 is 2.17 bits per heavy atom. The largest absolute Gasteiger partial charge is 0.478 e. The Hall–Kier alpha value is -2.38. The van der Waals surface area contributed by atoms with Gasteiger partial charge in [0.05, 0.1) is 12.0 Å². The third kappa shape index (κ3) is 5.07. The van der Waals surface area contributed by atoms with Crippen LogP contribution < -0.4 is 0 Å². The zero-order valence-electron chi connectivity index (χ0n) is 14.3. The number of carbonyl (C=O) groups is 4. The third-order valence-corrected chi connectivity index (χ3v) is 3.61. The number of hydrogen-bond donors (Lipinski definition) is 2. The molecule has 1 saturated heterocycles. The molecular formula is C16H23NO7. The average Bonchev–Trinajstić information content (AvgIpc) is 2.90. The number of esters is 1. The summed E-state index contributed by atoms with van der Waals surface area (Å²) >= 11 is 0. The van der Waals surface area contributed by atoms with Crippen LogP contribution in [-0.2, 0) is 23.9 Å². The summed E-state index contributed by atoms with van der Waals surface area (Å²) in [6.45, 7) is 6.59. The molecule has 0 radical (unpaired) electrons. The number of ether oxygens (including phenoxy) is 1. The molecule has 0 aromatic rings. The lowest BCUT2D eigenvalue weighted by Crippen LogP contribution is -2.43. The molecule has 1 amide bonds. The molecular weight excluding hydrogens is 318 g/mol. The van der Waals surface area contributed by atoms with Crippen molar-refractivity contribution < 1.29 is 34.1 Å². The van der Waals surface area contributed by atoms with Crippen LogP contribution in [0.15, 0.2) is 11.1 Å². The number of nitrogens with zero attached hydrogens (tertiary/aromatic N) is 1. The molecule has 0 spiro atoms. The molecule has 1 aliphatic heterocycles. The Bertz CT molecular complexity index is 586. The second-order valence-electron chi connectivity index (χ2n) is 6.67. The Balaban J connectivity index is 2.93. The summed E-state index contributed by atoms with van der Waals surface area (Å²) in [6.07, 6.45) is 0.455. The van der Waals surface area contributed by atoms with E-state index in [2.05, 4.69) is 0 Å². The predicted octanol–water partition coefficient (Wildman–Crippen LogP) is 1.19. The molecule has 8 heteroatoms. The van der Waals surface area contributed by atoms with E-state index in [1.54, 1.807) is 20.8 Å². The first-order valence-corrected chi connectivity index (χ1v) is 7.62. The first-order chi connectivity index (χ1) is 10.9. The first kappa shape index (κ1) is 19.7. The maximum atomic E-state index is 12.4. The second-order valence-corrected chi connectivity index (χ2v) is 6.67. The van der Waals surface area contributed by atoms with E-state index in [1.807, 2.05) is 0 Å². The van der Waals surface area contributed by atoms with Crippen LogP contribution in [0.2, 0.25) is 0 Å². The molecule has 1 heterocycles. The molecule has 0 saturated carbocycles. The third-order valence-electron chi connectivity index (χ3n) is 3.61. The van der Waals surface area contributed by atoms with Gasteiger partial charge < -0.3 is 19.8 Å². The van der Waals surface area contributed by atoms with Crippen molar-refractivity contribution >= 4 is 23.8 Å². The molecule has 0 bridgehead atoms. The van der Waals surface area contributed by atoms with Gasteiger partial charge in [0, 0.05) is 12.1 Å². The minimum atomic E-state index is -1.46. The lowest BCUT2D eigenvalue weighted by Gasteiger charge is -2.27. The summed E-state index contributed by atoms with van der Waals surface area (Å²) in [7, 11) is 0. The number of hydrogen-bond acceptors (Lipinski definition) is 5. The number of carbonyl (C=O) groups excluding carboxylic acids is 2. The lowest BCUT2D eigenvalue weighted by atomic mass is 10.1. The predicted molar refractivity (Wildman–Crippen MR) is 83.2 cm³/mol. The van der Waals surface area contributed by atoms with E-state index in [4.69, 9.17) is 14.9 Å². The number of rotatable bonds is 5. The molecule has 1 aliphatic rings. The highest BCUT2D eigenvalue weighted by atomic mass is 16.6. The highest BCUT2D eigenvalue weighted by Gasteiger charge is 2.37. The van der Waals surface area contributed by atoms with Crippen LogP contribution in [0, 0.1) is 0 Å². The van der Waals surface area contributed by atoms with Crippen molar-refractivity contribution in [3.63, 3.8) is 0 Å². The van der Waals surface area contributed by atoms with Crippen LogP contribution in [0.5, 0.6) is 0 Å². The van der Waals surface area contributed by atoms with Crippen molar-refractivity contribution in [1.82, 2.24) is 4.90 Å². The molecule has 24 heavy (non-hydrogen) atoms. The van der Waals surface area contributed by atoms with Crippen molar-refractivity contribution in [2.45, 2.75) is 58.6 Å². The van der Waals surface area contributed by atoms with Gasteiger partial charge in [0.2, 0.25) is 5.91 Å². The van der Waals surface area contributed by atoms with E-state index in [0.717, 1.165) is 6.92 Å². The van der Waals surface area contributed by atoms with Gasteiger partial charge in [0.15, 0.2) is 0 Å². The Labute approximate surface area is 140 Å². The maximum absolute atomic E-state index is 12.4.